The van der Waals surface area contributed by atoms with Crippen molar-refractivity contribution in [3.05, 3.63) is 40.5 Å². The second-order valence-corrected chi connectivity index (χ2v) is 4.46. The van der Waals surface area contributed by atoms with Gasteiger partial charge in [0.15, 0.2) is 0 Å². The van der Waals surface area contributed by atoms with Crippen LogP contribution in [-0.4, -0.2) is 11.4 Å². The summed E-state index contributed by atoms with van der Waals surface area (Å²) in [4.78, 5) is 0. The first-order valence-corrected chi connectivity index (χ1v) is 5.87. The van der Waals surface area contributed by atoms with Crippen molar-refractivity contribution in [1.29, 1.82) is 0 Å². The summed E-state index contributed by atoms with van der Waals surface area (Å²) in [6.45, 7) is 1.93. The molecule has 0 saturated carbocycles. The summed E-state index contributed by atoms with van der Waals surface area (Å²) in [6, 6.07) is 5.03. The zero-order chi connectivity index (χ0) is 12.0. The fourth-order valence-corrected chi connectivity index (χ4v) is 1.97. The fraction of sp³-hybridized carbons (Fsp3) is 0.333. The highest BCUT2D eigenvalue weighted by molar-refractivity contribution is 9.10. The van der Waals surface area contributed by atoms with E-state index in [4.69, 9.17) is 5.21 Å². The van der Waals surface area contributed by atoms with Gasteiger partial charge in [-0.2, -0.15) is 0 Å². The van der Waals surface area contributed by atoms with E-state index in [1.54, 1.807) is 6.07 Å². The molecule has 2 nitrogen and oxygen atoms in total. The average molecular weight is 287 g/mol. The van der Waals surface area contributed by atoms with Gasteiger partial charge >= 0.3 is 0 Å². The number of oxime groups is 1. The smallest absolute Gasteiger partial charge is 0.127 e. The lowest BCUT2D eigenvalue weighted by atomic mass is 9.91. The summed E-state index contributed by atoms with van der Waals surface area (Å²) in [5.41, 5.74) is 0.654. The van der Waals surface area contributed by atoms with Crippen molar-refractivity contribution in [3.8, 4) is 0 Å². The van der Waals surface area contributed by atoms with Crippen molar-refractivity contribution in [1.82, 2.24) is 0 Å². The molecule has 0 heterocycles. The Balaban J connectivity index is 2.91. The minimum Gasteiger partial charge on any atom is -0.411 e. The molecule has 0 spiro atoms. The number of hydrogen-bond acceptors (Lipinski definition) is 2. The molecule has 1 N–H and O–H groups in total. The van der Waals surface area contributed by atoms with Gasteiger partial charge in [-0.1, -0.05) is 28.9 Å². The Morgan fingerprint density at radius 3 is 2.81 bits per heavy atom. The quantitative estimate of drug-likeness (QED) is 0.493. The van der Waals surface area contributed by atoms with Gasteiger partial charge in [-0.3, -0.25) is 0 Å². The molecule has 1 radical (unpaired) electrons. The molecule has 1 unspecified atom stereocenters. The van der Waals surface area contributed by atoms with Gasteiger partial charge in [0.2, 0.25) is 0 Å². The Morgan fingerprint density at radius 2 is 2.25 bits per heavy atom. The number of rotatable bonds is 5. The molecule has 0 saturated heterocycles. The summed E-state index contributed by atoms with van der Waals surface area (Å²) in [5.74, 6) is -0.207. The van der Waals surface area contributed by atoms with E-state index in [9.17, 15) is 4.39 Å². The van der Waals surface area contributed by atoms with Crippen LogP contribution in [0.15, 0.2) is 27.8 Å². The molecular formula is C12H14BrFNO. The van der Waals surface area contributed by atoms with Gasteiger partial charge in [-0.05, 0) is 42.9 Å². The van der Waals surface area contributed by atoms with E-state index in [-0.39, 0.29) is 11.7 Å². The van der Waals surface area contributed by atoms with E-state index in [1.807, 2.05) is 19.4 Å². The predicted octanol–water partition coefficient (Wildman–Crippen LogP) is 4.14. The van der Waals surface area contributed by atoms with Crippen LogP contribution in [0.5, 0.6) is 0 Å². The monoisotopic (exact) mass is 286 g/mol. The molecule has 4 heteroatoms. The largest absolute Gasteiger partial charge is 0.411 e. The average Bonchev–Trinajstić information content (AvgIpc) is 2.25. The van der Waals surface area contributed by atoms with Gasteiger partial charge in [0, 0.05) is 10.7 Å². The molecule has 1 rings (SSSR count). The Kier molecular flexibility index (Phi) is 5.46. The van der Waals surface area contributed by atoms with Crippen LogP contribution in [0.25, 0.3) is 0 Å². The molecule has 1 atom stereocenters. The maximum Gasteiger partial charge on any atom is 0.127 e. The van der Waals surface area contributed by atoms with Crippen molar-refractivity contribution in [3.63, 3.8) is 0 Å². The van der Waals surface area contributed by atoms with E-state index in [1.165, 1.54) is 12.3 Å². The van der Waals surface area contributed by atoms with Gasteiger partial charge in [-0.25, -0.2) is 4.39 Å². The summed E-state index contributed by atoms with van der Waals surface area (Å²) in [7, 11) is 0. The van der Waals surface area contributed by atoms with Crippen LogP contribution in [0.4, 0.5) is 4.39 Å². The molecular weight excluding hydrogens is 273 g/mol. The van der Waals surface area contributed by atoms with E-state index in [2.05, 4.69) is 21.1 Å². The van der Waals surface area contributed by atoms with Crippen molar-refractivity contribution in [2.45, 2.75) is 25.7 Å². The van der Waals surface area contributed by atoms with Gasteiger partial charge < -0.3 is 5.21 Å². The van der Waals surface area contributed by atoms with Crippen LogP contribution in [0, 0.1) is 12.2 Å². The van der Waals surface area contributed by atoms with Crippen LogP contribution in [-0.2, 0) is 0 Å². The van der Waals surface area contributed by atoms with Crippen LogP contribution in [0.1, 0.15) is 31.2 Å². The molecule has 1 aromatic carbocycles. The topological polar surface area (TPSA) is 32.6 Å². The van der Waals surface area contributed by atoms with Crippen LogP contribution >= 0.6 is 15.9 Å². The number of nitrogens with zero attached hydrogens (tertiary/aromatic N) is 1. The summed E-state index contributed by atoms with van der Waals surface area (Å²) in [5, 5.41) is 11.4. The normalized spacial score (nSPS) is 13.2. The first-order chi connectivity index (χ1) is 7.69. The summed E-state index contributed by atoms with van der Waals surface area (Å²) < 4.78 is 14.4. The SMILES string of the molecule is C[CH]CC(C/C=N/O)c1ccc(Br)cc1F. The number of benzene rings is 1. The van der Waals surface area contributed by atoms with Crippen LogP contribution in [0.2, 0.25) is 0 Å². The van der Waals surface area contributed by atoms with E-state index in [0.29, 0.717) is 12.0 Å². The number of hydrogen-bond donors (Lipinski definition) is 1. The van der Waals surface area contributed by atoms with E-state index in [0.717, 1.165) is 10.9 Å². The molecule has 0 amide bonds. The lowest BCUT2D eigenvalue weighted by molar-refractivity contribution is 0.320. The third kappa shape index (κ3) is 3.59. The first-order valence-electron chi connectivity index (χ1n) is 5.07. The zero-order valence-corrected chi connectivity index (χ0v) is 10.6. The summed E-state index contributed by atoms with van der Waals surface area (Å²) >= 11 is 3.22. The standard InChI is InChI=1S/C12H14BrFNO/c1-2-3-9(6-7-15-16)11-5-4-10(13)8-12(11)14/h2,4-5,7-9,16H,3,6H2,1H3/b15-7+. The highest BCUT2D eigenvalue weighted by Crippen LogP contribution is 2.28. The minimum atomic E-state index is -0.229. The maximum absolute atomic E-state index is 13.7. The highest BCUT2D eigenvalue weighted by Gasteiger charge is 2.14. The molecule has 0 aliphatic rings. The number of halogens is 2. The van der Waals surface area contributed by atoms with Crippen molar-refractivity contribution in [2.75, 3.05) is 0 Å². The van der Waals surface area contributed by atoms with Gasteiger partial charge in [0.25, 0.3) is 0 Å². The lowest BCUT2D eigenvalue weighted by Gasteiger charge is -2.14. The Morgan fingerprint density at radius 1 is 1.50 bits per heavy atom. The van der Waals surface area contributed by atoms with Gasteiger partial charge in [0.05, 0.1) is 0 Å². The van der Waals surface area contributed by atoms with Crippen molar-refractivity contribution >= 4 is 22.1 Å². The molecule has 0 aliphatic heterocycles. The van der Waals surface area contributed by atoms with E-state index >= 15 is 0 Å². The van der Waals surface area contributed by atoms with Crippen molar-refractivity contribution in [2.24, 2.45) is 5.16 Å². The molecule has 0 fully saturated rings. The molecule has 0 aliphatic carbocycles. The van der Waals surface area contributed by atoms with Crippen LogP contribution < -0.4 is 0 Å². The Hall–Kier alpha value is -0.900. The second-order valence-electron chi connectivity index (χ2n) is 3.54. The second kappa shape index (κ2) is 6.63. The molecule has 0 bridgehead atoms. The molecule has 0 aromatic heterocycles. The lowest BCUT2D eigenvalue weighted by Crippen LogP contribution is -2.02. The third-order valence-corrected chi connectivity index (χ3v) is 2.89. The van der Waals surface area contributed by atoms with Crippen LogP contribution in [0.3, 0.4) is 0 Å². The zero-order valence-electron chi connectivity index (χ0n) is 9.03. The minimum absolute atomic E-state index is 0.0222. The maximum atomic E-state index is 13.7. The predicted molar refractivity (Wildman–Crippen MR) is 66.3 cm³/mol. The fourth-order valence-electron chi connectivity index (χ4n) is 1.64. The summed E-state index contributed by atoms with van der Waals surface area (Å²) in [6.07, 6.45) is 4.66. The third-order valence-electron chi connectivity index (χ3n) is 2.39. The van der Waals surface area contributed by atoms with E-state index < -0.39 is 0 Å². The highest BCUT2D eigenvalue weighted by atomic mass is 79.9. The molecule has 1 aromatic rings. The van der Waals surface area contributed by atoms with Crippen molar-refractivity contribution < 1.29 is 9.60 Å². The Labute approximate surface area is 103 Å². The first kappa shape index (κ1) is 13.2. The van der Waals surface area contributed by atoms with Gasteiger partial charge in [0.1, 0.15) is 5.82 Å². The molecule has 16 heavy (non-hydrogen) atoms. The van der Waals surface area contributed by atoms with Gasteiger partial charge in [-0.15, -0.1) is 5.16 Å². The molecule has 87 valence electrons. The Bertz CT molecular complexity index is 368.